The number of hydrogen-bond donors (Lipinski definition) is 2. The van der Waals surface area contributed by atoms with E-state index in [0.29, 0.717) is 36.7 Å². The first-order chi connectivity index (χ1) is 16.2. The molecule has 1 atom stereocenters. The summed E-state index contributed by atoms with van der Waals surface area (Å²) in [5.41, 5.74) is 3.38. The predicted octanol–water partition coefficient (Wildman–Crippen LogP) is 4.93. The Kier molecular flexibility index (Phi) is 7.29. The molecule has 0 spiro atoms. The number of phenols is 1. The molecule has 0 aliphatic carbocycles. The zero-order chi connectivity index (χ0) is 23.2. The number of aromatic amines is 1. The number of amides is 1. The average Bonchev–Trinajstić information content (AvgIpc) is 3.36. The fraction of sp³-hybridized carbons (Fsp3) is 0.385. The van der Waals surface area contributed by atoms with Gasteiger partial charge in [0.2, 0.25) is 0 Å². The number of methoxy groups -OCH3 is 1. The number of hydrogen-bond acceptors (Lipinski definition) is 5. The van der Waals surface area contributed by atoms with E-state index in [-0.39, 0.29) is 17.7 Å². The van der Waals surface area contributed by atoms with Crippen molar-refractivity contribution in [2.45, 2.75) is 38.6 Å². The molecular formula is C26H31N3O4. The Bertz CT molecular complexity index is 1090. The smallest absolute Gasteiger partial charge is 0.273 e. The molecule has 1 aliphatic heterocycles. The van der Waals surface area contributed by atoms with E-state index >= 15 is 0 Å². The zero-order valence-corrected chi connectivity index (χ0v) is 19.2. The number of H-pyrrole nitrogens is 1. The molecular weight excluding hydrogens is 418 g/mol. The number of unbranched alkanes of at least 4 members (excludes halogenated alkanes) is 2. The molecule has 0 fully saturated rings. The maximum atomic E-state index is 13.4. The molecule has 2 aromatic carbocycles. The maximum Gasteiger partial charge on any atom is 0.273 e. The third kappa shape index (κ3) is 4.73. The van der Waals surface area contributed by atoms with Crippen LogP contribution in [-0.4, -0.2) is 53.0 Å². The predicted molar refractivity (Wildman–Crippen MR) is 127 cm³/mol. The monoisotopic (exact) mass is 449 g/mol. The second-order valence-corrected chi connectivity index (χ2v) is 8.25. The number of rotatable bonds is 11. The zero-order valence-electron chi connectivity index (χ0n) is 19.2. The number of carbonyl (C=O) groups excluding carboxylic acids is 1. The van der Waals surface area contributed by atoms with E-state index in [1.54, 1.807) is 19.2 Å². The van der Waals surface area contributed by atoms with Crippen LogP contribution in [0.1, 0.15) is 60.3 Å². The highest BCUT2D eigenvalue weighted by atomic mass is 16.5. The number of aromatic hydroxyl groups is 1. The second kappa shape index (κ2) is 10.5. The standard InChI is InChI=1S/C26H31N3O4/c1-3-4-7-16-33-19-11-8-10-18(17-19)25-22-23(20-12-5-6-13-21(20)30)27-28-24(22)26(31)29(25)14-9-15-32-2/h5-6,8,10-13,17,25,30H,3-4,7,9,14-16H2,1-2H3,(H,27,28). The van der Waals surface area contributed by atoms with Gasteiger partial charge >= 0.3 is 0 Å². The van der Waals surface area contributed by atoms with Crippen molar-refractivity contribution in [3.63, 3.8) is 0 Å². The summed E-state index contributed by atoms with van der Waals surface area (Å²) in [7, 11) is 1.66. The number of para-hydroxylation sites is 1. The Morgan fingerprint density at radius 3 is 2.73 bits per heavy atom. The van der Waals surface area contributed by atoms with Crippen LogP contribution in [0.25, 0.3) is 11.3 Å². The van der Waals surface area contributed by atoms with Crippen molar-refractivity contribution in [3.05, 3.63) is 65.4 Å². The minimum absolute atomic E-state index is 0.102. The minimum atomic E-state index is -0.336. The lowest BCUT2D eigenvalue weighted by Crippen LogP contribution is -2.31. The summed E-state index contributed by atoms with van der Waals surface area (Å²) in [5, 5.41) is 17.8. The molecule has 7 nitrogen and oxygen atoms in total. The van der Waals surface area contributed by atoms with Gasteiger partial charge in [0.05, 0.1) is 12.6 Å². The van der Waals surface area contributed by atoms with Crippen LogP contribution in [0.5, 0.6) is 11.5 Å². The molecule has 1 amide bonds. The van der Waals surface area contributed by atoms with Crippen molar-refractivity contribution in [1.29, 1.82) is 0 Å². The van der Waals surface area contributed by atoms with Crippen LogP contribution in [-0.2, 0) is 4.74 Å². The van der Waals surface area contributed by atoms with Gasteiger partial charge in [-0.15, -0.1) is 0 Å². The molecule has 0 saturated heterocycles. The van der Waals surface area contributed by atoms with Gasteiger partial charge < -0.3 is 19.5 Å². The van der Waals surface area contributed by atoms with E-state index in [4.69, 9.17) is 9.47 Å². The summed E-state index contributed by atoms with van der Waals surface area (Å²) in [6.45, 7) is 3.94. The van der Waals surface area contributed by atoms with Gasteiger partial charge in [0.1, 0.15) is 22.9 Å². The van der Waals surface area contributed by atoms with Crippen LogP contribution in [0.4, 0.5) is 0 Å². The number of nitrogens with one attached hydrogen (secondary N) is 1. The average molecular weight is 450 g/mol. The first-order valence-electron chi connectivity index (χ1n) is 11.5. The highest BCUT2D eigenvalue weighted by Gasteiger charge is 2.42. The van der Waals surface area contributed by atoms with Crippen LogP contribution < -0.4 is 4.74 Å². The largest absolute Gasteiger partial charge is 0.507 e. The number of ether oxygens (including phenoxy) is 2. The number of carbonyl (C=O) groups is 1. The lowest BCUT2D eigenvalue weighted by Gasteiger charge is -2.26. The molecule has 1 aliphatic rings. The fourth-order valence-corrected chi connectivity index (χ4v) is 4.35. The summed E-state index contributed by atoms with van der Waals surface area (Å²) in [4.78, 5) is 15.2. The first-order valence-corrected chi connectivity index (χ1v) is 11.5. The van der Waals surface area contributed by atoms with E-state index in [2.05, 4.69) is 17.1 Å². The highest BCUT2D eigenvalue weighted by Crippen LogP contribution is 2.44. The van der Waals surface area contributed by atoms with Gasteiger partial charge in [0.15, 0.2) is 0 Å². The number of benzene rings is 2. The van der Waals surface area contributed by atoms with Crippen molar-refractivity contribution in [2.75, 3.05) is 26.9 Å². The number of fused-ring (bicyclic) bond motifs is 1. The number of nitrogens with zero attached hydrogens (tertiary/aromatic N) is 2. The first kappa shape index (κ1) is 22.9. The molecule has 2 N–H and O–H groups in total. The van der Waals surface area contributed by atoms with Gasteiger partial charge in [-0.3, -0.25) is 9.89 Å². The van der Waals surface area contributed by atoms with E-state index < -0.39 is 0 Å². The molecule has 4 rings (SSSR count). The summed E-state index contributed by atoms with van der Waals surface area (Å²) in [5.74, 6) is 0.812. The van der Waals surface area contributed by atoms with Crippen LogP contribution in [0.2, 0.25) is 0 Å². The summed E-state index contributed by atoms with van der Waals surface area (Å²) >= 11 is 0. The van der Waals surface area contributed by atoms with Crippen molar-refractivity contribution in [3.8, 4) is 22.8 Å². The summed E-state index contributed by atoms with van der Waals surface area (Å²) in [6.07, 6.45) is 4.00. The molecule has 174 valence electrons. The molecule has 0 radical (unpaired) electrons. The van der Waals surface area contributed by atoms with Crippen molar-refractivity contribution in [1.82, 2.24) is 15.1 Å². The van der Waals surface area contributed by atoms with Crippen LogP contribution in [0.15, 0.2) is 48.5 Å². The number of phenolic OH excluding ortho intramolecular Hbond substituents is 1. The van der Waals surface area contributed by atoms with Gasteiger partial charge in [-0.05, 0) is 42.7 Å². The lowest BCUT2D eigenvalue weighted by molar-refractivity contribution is 0.0723. The Labute approximate surface area is 194 Å². The third-order valence-corrected chi connectivity index (χ3v) is 5.96. The minimum Gasteiger partial charge on any atom is -0.507 e. The van der Waals surface area contributed by atoms with Crippen LogP contribution in [0.3, 0.4) is 0 Å². The molecule has 1 unspecified atom stereocenters. The molecule has 0 bridgehead atoms. The van der Waals surface area contributed by atoms with Crippen LogP contribution >= 0.6 is 0 Å². The normalized spacial score (nSPS) is 15.2. The molecule has 2 heterocycles. The number of aromatic nitrogens is 2. The van der Waals surface area contributed by atoms with Crippen LogP contribution in [0, 0.1) is 0 Å². The van der Waals surface area contributed by atoms with Crippen molar-refractivity contribution in [2.24, 2.45) is 0 Å². The Hall–Kier alpha value is -3.32. The molecule has 0 saturated carbocycles. The Morgan fingerprint density at radius 2 is 1.94 bits per heavy atom. The third-order valence-electron chi connectivity index (χ3n) is 5.96. The summed E-state index contributed by atoms with van der Waals surface area (Å²) < 4.78 is 11.2. The van der Waals surface area contributed by atoms with Gasteiger partial charge in [-0.2, -0.15) is 5.10 Å². The Balaban J connectivity index is 1.73. The van der Waals surface area contributed by atoms with Crippen molar-refractivity contribution < 1.29 is 19.4 Å². The van der Waals surface area contributed by atoms with E-state index in [1.807, 2.05) is 41.3 Å². The topological polar surface area (TPSA) is 87.7 Å². The maximum absolute atomic E-state index is 13.4. The highest BCUT2D eigenvalue weighted by molar-refractivity contribution is 6.00. The second-order valence-electron chi connectivity index (χ2n) is 8.25. The Morgan fingerprint density at radius 1 is 1.09 bits per heavy atom. The van der Waals surface area contributed by atoms with Gasteiger partial charge in [0, 0.05) is 31.4 Å². The van der Waals surface area contributed by atoms with Gasteiger partial charge in [-0.25, -0.2) is 0 Å². The summed E-state index contributed by atoms with van der Waals surface area (Å²) in [6, 6.07) is 14.6. The van der Waals surface area contributed by atoms with E-state index in [1.165, 1.54) is 0 Å². The molecule has 1 aromatic heterocycles. The quantitative estimate of drug-likeness (QED) is 0.405. The fourth-order valence-electron chi connectivity index (χ4n) is 4.35. The van der Waals surface area contributed by atoms with Crippen molar-refractivity contribution >= 4 is 5.91 Å². The molecule has 7 heteroatoms. The SMILES string of the molecule is CCCCCOc1cccc(C2c3c(-c4ccccc4O)n[nH]c3C(=O)N2CCCOC)c1. The van der Waals surface area contributed by atoms with Gasteiger partial charge in [0.25, 0.3) is 5.91 Å². The van der Waals surface area contributed by atoms with E-state index in [9.17, 15) is 9.90 Å². The van der Waals surface area contributed by atoms with Gasteiger partial charge in [-0.1, -0.05) is 44.0 Å². The molecule has 3 aromatic rings. The van der Waals surface area contributed by atoms with E-state index in [0.717, 1.165) is 42.6 Å². The lowest BCUT2D eigenvalue weighted by atomic mass is 9.95. The molecule has 33 heavy (non-hydrogen) atoms.